The number of rotatable bonds is 5. The van der Waals surface area contributed by atoms with Crippen molar-refractivity contribution in [2.75, 3.05) is 19.6 Å². The number of benzene rings is 1. The maximum Gasteiger partial charge on any atom is 0.260 e. The Kier molecular flexibility index (Phi) is 6.52. The summed E-state index contributed by atoms with van der Waals surface area (Å²) >= 11 is 5.83. The van der Waals surface area contributed by atoms with Crippen molar-refractivity contribution in [3.05, 3.63) is 29.0 Å². The minimum Gasteiger partial charge on any atom is -0.479 e. The zero-order valence-corrected chi connectivity index (χ0v) is 12.6. The Morgan fingerprint density at radius 1 is 1.60 bits per heavy atom. The second-order valence-electron chi connectivity index (χ2n) is 4.60. The Morgan fingerprint density at radius 2 is 2.30 bits per heavy atom. The van der Waals surface area contributed by atoms with Crippen molar-refractivity contribution in [1.82, 2.24) is 10.6 Å². The fourth-order valence-corrected chi connectivity index (χ4v) is 1.91. The molecule has 20 heavy (non-hydrogen) atoms. The van der Waals surface area contributed by atoms with Crippen molar-refractivity contribution in [2.24, 2.45) is 5.92 Å². The van der Waals surface area contributed by atoms with Crippen molar-refractivity contribution >= 4 is 29.9 Å². The molecule has 112 valence electrons. The SMILES string of the molecule is CC(Oc1ccc(F)cc1Cl)C(=O)NCC1CNC1.Cl. The molecule has 2 N–H and O–H groups in total. The number of halogens is 3. The Bertz CT molecular complexity index is 470. The molecule has 1 saturated heterocycles. The molecular formula is C13H17Cl2FN2O2. The summed E-state index contributed by atoms with van der Waals surface area (Å²) in [5, 5.41) is 6.10. The van der Waals surface area contributed by atoms with Crippen LogP contribution in [0.25, 0.3) is 0 Å². The van der Waals surface area contributed by atoms with E-state index in [-0.39, 0.29) is 23.3 Å². The summed E-state index contributed by atoms with van der Waals surface area (Å²) in [5.41, 5.74) is 0. The topological polar surface area (TPSA) is 50.4 Å². The molecule has 1 aromatic rings. The summed E-state index contributed by atoms with van der Waals surface area (Å²) in [5.74, 6) is 0.154. The van der Waals surface area contributed by atoms with Crippen LogP contribution in [-0.2, 0) is 4.79 Å². The molecule has 2 rings (SSSR count). The molecule has 7 heteroatoms. The maximum atomic E-state index is 12.9. The Morgan fingerprint density at radius 3 is 2.85 bits per heavy atom. The van der Waals surface area contributed by atoms with Gasteiger partial charge in [0.2, 0.25) is 0 Å². The van der Waals surface area contributed by atoms with Gasteiger partial charge < -0.3 is 15.4 Å². The van der Waals surface area contributed by atoms with Crippen LogP contribution in [-0.4, -0.2) is 31.6 Å². The highest BCUT2D eigenvalue weighted by Crippen LogP contribution is 2.25. The number of hydrogen-bond donors (Lipinski definition) is 2. The number of ether oxygens (including phenoxy) is 1. The zero-order valence-electron chi connectivity index (χ0n) is 11.0. The summed E-state index contributed by atoms with van der Waals surface area (Å²) in [6.45, 7) is 4.13. The highest BCUT2D eigenvalue weighted by atomic mass is 35.5. The van der Waals surface area contributed by atoms with E-state index >= 15 is 0 Å². The molecule has 0 aliphatic carbocycles. The lowest BCUT2D eigenvalue weighted by molar-refractivity contribution is -0.127. The van der Waals surface area contributed by atoms with Gasteiger partial charge in [-0.05, 0) is 25.1 Å². The second kappa shape index (κ2) is 7.67. The minimum absolute atomic E-state index is 0. The van der Waals surface area contributed by atoms with Crippen LogP contribution in [0.3, 0.4) is 0 Å². The van der Waals surface area contributed by atoms with E-state index in [1.165, 1.54) is 12.1 Å². The lowest BCUT2D eigenvalue weighted by Gasteiger charge is -2.27. The quantitative estimate of drug-likeness (QED) is 0.871. The molecule has 0 spiro atoms. The largest absolute Gasteiger partial charge is 0.479 e. The first-order valence-corrected chi connectivity index (χ1v) is 6.54. The summed E-state index contributed by atoms with van der Waals surface area (Å²) in [4.78, 5) is 11.8. The zero-order chi connectivity index (χ0) is 13.8. The van der Waals surface area contributed by atoms with Gasteiger partial charge in [0.1, 0.15) is 11.6 Å². The van der Waals surface area contributed by atoms with Gasteiger partial charge in [0, 0.05) is 25.6 Å². The van der Waals surface area contributed by atoms with Gasteiger partial charge in [-0.15, -0.1) is 12.4 Å². The van der Waals surface area contributed by atoms with Gasteiger partial charge in [-0.2, -0.15) is 0 Å². The molecule has 1 aromatic carbocycles. The van der Waals surface area contributed by atoms with Crippen molar-refractivity contribution in [2.45, 2.75) is 13.0 Å². The van der Waals surface area contributed by atoms with Crippen LogP contribution in [0.4, 0.5) is 4.39 Å². The average molecular weight is 323 g/mol. The van der Waals surface area contributed by atoms with Gasteiger partial charge in [0.15, 0.2) is 6.10 Å². The van der Waals surface area contributed by atoms with Gasteiger partial charge in [0.25, 0.3) is 5.91 Å². The van der Waals surface area contributed by atoms with Crippen molar-refractivity contribution in [3.8, 4) is 5.75 Å². The fraction of sp³-hybridized carbons (Fsp3) is 0.462. The molecule has 1 atom stereocenters. The first kappa shape index (κ1) is 17.0. The first-order valence-electron chi connectivity index (χ1n) is 6.16. The number of carbonyl (C=O) groups excluding carboxylic acids is 1. The van der Waals surface area contributed by atoms with Crippen LogP contribution in [0.15, 0.2) is 18.2 Å². The molecule has 0 bridgehead atoms. The molecule has 1 fully saturated rings. The van der Waals surface area contributed by atoms with E-state index in [0.29, 0.717) is 18.2 Å². The number of amides is 1. The lowest BCUT2D eigenvalue weighted by atomic mass is 10.0. The normalized spacial score (nSPS) is 15.8. The third-order valence-corrected chi connectivity index (χ3v) is 3.29. The Labute approximate surface area is 128 Å². The molecule has 4 nitrogen and oxygen atoms in total. The highest BCUT2D eigenvalue weighted by molar-refractivity contribution is 6.32. The molecular weight excluding hydrogens is 306 g/mol. The van der Waals surface area contributed by atoms with Crippen LogP contribution in [0, 0.1) is 11.7 Å². The Hall–Kier alpha value is -1.04. The molecule has 1 amide bonds. The van der Waals surface area contributed by atoms with Gasteiger partial charge in [-0.3, -0.25) is 4.79 Å². The van der Waals surface area contributed by atoms with Gasteiger partial charge in [-0.1, -0.05) is 11.6 Å². The van der Waals surface area contributed by atoms with Gasteiger partial charge in [0.05, 0.1) is 5.02 Å². The van der Waals surface area contributed by atoms with E-state index < -0.39 is 11.9 Å². The van der Waals surface area contributed by atoms with E-state index in [4.69, 9.17) is 16.3 Å². The van der Waals surface area contributed by atoms with Gasteiger partial charge in [-0.25, -0.2) is 4.39 Å². The minimum atomic E-state index is -0.670. The number of hydrogen-bond acceptors (Lipinski definition) is 3. The van der Waals surface area contributed by atoms with Crippen LogP contribution < -0.4 is 15.4 Å². The van der Waals surface area contributed by atoms with Crippen LogP contribution in [0.2, 0.25) is 5.02 Å². The monoisotopic (exact) mass is 322 g/mol. The van der Waals surface area contributed by atoms with E-state index in [0.717, 1.165) is 19.2 Å². The fourth-order valence-electron chi connectivity index (χ4n) is 1.70. The smallest absolute Gasteiger partial charge is 0.260 e. The molecule has 1 aliphatic heterocycles. The summed E-state index contributed by atoms with van der Waals surface area (Å²) in [6, 6.07) is 3.81. The van der Waals surface area contributed by atoms with E-state index in [2.05, 4.69) is 10.6 Å². The molecule has 0 aromatic heterocycles. The van der Waals surface area contributed by atoms with Crippen molar-refractivity contribution in [1.29, 1.82) is 0 Å². The van der Waals surface area contributed by atoms with Crippen LogP contribution >= 0.6 is 24.0 Å². The predicted molar refractivity (Wildman–Crippen MR) is 78.1 cm³/mol. The van der Waals surface area contributed by atoms with E-state index in [1.807, 2.05) is 0 Å². The lowest BCUT2D eigenvalue weighted by Crippen LogP contribution is -2.49. The summed E-state index contributed by atoms with van der Waals surface area (Å²) < 4.78 is 18.3. The molecule has 0 radical (unpaired) electrons. The molecule has 1 heterocycles. The number of carbonyl (C=O) groups is 1. The van der Waals surface area contributed by atoms with Crippen LogP contribution in [0.1, 0.15) is 6.92 Å². The molecule has 1 unspecified atom stereocenters. The van der Waals surface area contributed by atoms with Crippen molar-refractivity contribution in [3.63, 3.8) is 0 Å². The Balaban J connectivity index is 0.00000200. The standard InChI is InChI=1S/C13H16ClFN2O2.ClH/c1-8(13(18)17-7-9-5-16-6-9)19-12-3-2-10(15)4-11(12)14;/h2-4,8-9,16H,5-7H2,1H3,(H,17,18);1H. The van der Waals surface area contributed by atoms with Crippen LogP contribution in [0.5, 0.6) is 5.75 Å². The van der Waals surface area contributed by atoms with E-state index in [1.54, 1.807) is 6.92 Å². The molecule has 0 saturated carbocycles. The third kappa shape index (κ3) is 4.51. The predicted octanol–water partition coefficient (Wildman–Crippen LogP) is 2.00. The average Bonchev–Trinajstić information content (AvgIpc) is 2.30. The third-order valence-electron chi connectivity index (χ3n) is 3.00. The first-order chi connectivity index (χ1) is 9.06. The maximum absolute atomic E-state index is 12.9. The highest BCUT2D eigenvalue weighted by Gasteiger charge is 2.20. The summed E-state index contributed by atoms with van der Waals surface area (Å²) in [7, 11) is 0. The number of nitrogens with one attached hydrogen (secondary N) is 2. The van der Waals surface area contributed by atoms with Gasteiger partial charge >= 0.3 is 0 Å². The molecule has 1 aliphatic rings. The second-order valence-corrected chi connectivity index (χ2v) is 5.01. The van der Waals surface area contributed by atoms with E-state index in [9.17, 15) is 9.18 Å². The van der Waals surface area contributed by atoms with Crippen molar-refractivity contribution < 1.29 is 13.9 Å². The summed E-state index contributed by atoms with van der Waals surface area (Å²) in [6.07, 6.45) is -0.670.